The van der Waals surface area contributed by atoms with Gasteiger partial charge in [-0.05, 0) is 40.5 Å². The van der Waals surface area contributed by atoms with Crippen LogP contribution in [0.25, 0.3) is 22.3 Å². The Bertz CT molecular complexity index is 1890. The molecule has 0 aliphatic carbocycles. The Morgan fingerprint density at radius 1 is 0.467 bits per heavy atom. The molecule has 0 atom stereocenters. The van der Waals surface area contributed by atoms with E-state index in [1.165, 1.54) is 33.4 Å². The topological polar surface area (TPSA) is 34.0 Å². The summed E-state index contributed by atoms with van der Waals surface area (Å²) in [6, 6.07) is 31.7. The lowest BCUT2D eigenvalue weighted by Crippen LogP contribution is -2.36. The highest BCUT2D eigenvalue weighted by Crippen LogP contribution is 2.29. The van der Waals surface area contributed by atoms with Gasteiger partial charge >= 0.3 is 0 Å². The maximum atomic E-state index is 6.44. The molecular formula is C38H35ClN4O2+4. The summed E-state index contributed by atoms with van der Waals surface area (Å²) in [4.78, 5) is 0. The first kappa shape index (κ1) is 28.7. The summed E-state index contributed by atoms with van der Waals surface area (Å²) >= 11 is 6.44. The van der Waals surface area contributed by atoms with Gasteiger partial charge in [0.1, 0.15) is 24.7 Å². The second-order valence-corrected chi connectivity index (χ2v) is 11.7. The Labute approximate surface area is 268 Å². The average molecular weight is 615 g/mol. The van der Waals surface area contributed by atoms with Gasteiger partial charge in [-0.3, -0.25) is 0 Å². The predicted octanol–water partition coefficient (Wildman–Crippen LogP) is 5.39. The van der Waals surface area contributed by atoms with Crippen LogP contribution in [0.4, 0.5) is 0 Å². The van der Waals surface area contributed by atoms with Crippen LogP contribution in [-0.2, 0) is 26.2 Å². The lowest BCUT2D eigenvalue weighted by Gasteiger charge is -2.10. The van der Waals surface area contributed by atoms with E-state index in [1.54, 1.807) is 0 Å². The lowest BCUT2D eigenvalue weighted by molar-refractivity contribution is -0.697. The predicted molar refractivity (Wildman–Crippen MR) is 172 cm³/mol. The molecule has 0 N–H and O–H groups in total. The Hall–Kier alpha value is -5.07. The molecule has 8 aliphatic heterocycles. The molecule has 12 heterocycles. The van der Waals surface area contributed by atoms with Crippen molar-refractivity contribution < 1.29 is 27.7 Å². The van der Waals surface area contributed by atoms with Gasteiger partial charge in [-0.1, -0.05) is 29.8 Å². The highest BCUT2D eigenvalue weighted by Gasteiger charge is 2.12. The third-order valence-electron chi connectivity index (χ3n) is 8.08. The Morgan fingerprint density at radius 2 is 0.911 bits per heavy atom. The molecule has 0 unspecified atom stereocenters. The highest BCUT2D eigenvalue weighted by atomic mass is 35.5. The summed E-state index contributed by atoms with van der Waals surface area (Å²) in [6.07, 6.45) is 17.0. The standard InChI is InChI=1S/C38H35ClN4O2/c39-37-5-4-36-27-38(37)45-25-23-41-16-8-33(9-17-41)35-12-20-43(21-13-35)29-31-3-1-2-30(26-31)28-42-18-10-34(11-19-42)32-6-14-40(15-7-32)22-24-44-36/h1-21,26-27H,22-25,28-29H2/q+4. The van der Waals surface area contributed by atoms with Crippen LogP contribution in [0.1, 0.15) is 11.1 Å². The molecule has 8 aliphatic rings. The van der Waals surface area contributed by atoms with Crippen LogP contribution in [0.15, 0.2) is 141 Å². The van der Waals surface area contributed by atoms with Crippen molar-refractivity contribution in [1.82, 2.24) is 0 Å². The summed E-state index contributed by atoms with van der Waals surface area (Å²) in [5.41, 5.74) is 7.28. The summed E-state index contributed by atoms with van der Waals surface area (Å²) in [5.74, 6) is 1.35. The lowest BCUT2D eigenvalue weighted by atomic mass is 10.1. The van der Waals surface area contributed by atoms with Crippen LogP contribution in [0.2, 0.25) is 5.02 Å². The normalized spacial score (nSPS) is 13.3. The molecule has 14 rings (SSSR count). The molecule has 7 heteroatoms. The number of rotatable bonds is 0. The maximum absolute atomic E-state index is 6.44. The monoisotopic (exact) mass is 614 g/mol. The van der Waals surface area contributed by atoms with E-state index in [1.807, 2.05) is 18.2 Å². The fraction of sp³-hybridized carbons (Fsp3) is 0.158. The minimum absolute atomic E-state index is 0.489. The van der Waals surface area contributed by atoms with Gasteiger partial charge in [-0.15, -0.1) is 0 Å². The highest BCUT2D eigenvalue weighted by molar-refractivity contribution is 6.32. The van der Waals surface area contributed by atoms with Crippen LogP contribution in [-0.4, -0.2) is 13.2 Å². The summed E-state index contributed by atoms with van der Waals surface area (Å²) in [6.45, 7) is 4.08. The Balaban J connectivity index is 1.13. The molecule has 12 bridgehead atoms. The van der Waals surface area contributed by atoms with Crippen molar-refractivity contribution in [2.45, 2.75) is 26.2 Å². The van der Waals surface area contributed by atoms with Crippen LogP contribution in [0.5, 0.6) is 11.5 Å². The fourth-order valence-corrected chi connectivity index (χ4v) is 5.74. The van der Waals surface area contributed by atoms with E-state index in [0.717, 1.165) is 25.4 Å². The third kappa shape index (κ3) is 7.19. The van der Waals surface area contributed by atoms with Gasteiger partial charge in [0.15, 0.2) is 75.8 Å². The summed E-state index contributed by atoms with van der Waals surface area (Å²) < 4.78 is 20.8. The number of aromatic nitrogens is 4. The molecule has 2 aromatic carbocycles. The minimum atomic E-state index is 0.489. The van der Waals surface area contributed by atoms with E-state index in [4.69, 9.17) is 21.1 Å². The molecular weight excluding hydrogens is 580 g/mol. The van der Waals surface area contributed by atoms with Gasteiger partial charge in [0, 0.05) is 65.7 Å². The van der Waals surface area contributed by atoms with Crippen LogP contribution >= 0.6 is 11.6 Å². The number of nitrogens with zero attached hydrogens (tertiary/aromatic N) is 4. The Morgan fingerprint density at radius 3 is 1.40 bits per heavy atom. The van der Waals surface area contributed by atoms with E-state index in [2.05, 4.69) is 141 Å². The molecule has 6 aromatic rings. The Kier molecular flexibility index (Phi) is 8.47. The van der Waals surface area contributed by atoms with Gasteiger partial charge in [-0.2, -0.15) is 0 Å². The van der Waals surface area contributed by atoms with Crippen molar-refractivity contribution in [3.63, 3.8) is 0 Å². The molecule has 0 fully saturated rings. The van der Waals surface area contributed by atoms with Gasteiger partial charge in [0.05, 0.1) is 5.02 Å². The largest absolute Gasteiger partial charge is 0.487 e. The SMILES string of the molecule is Clc1ccc2cc1OCC[n+]1ccc(cc1)-c1cc[n+](cc1)Cc1cccc(c1)C[n+]1ccc(cc1)-c1cc[n+](cc1)CCO2. The van der Waals surface area contributed by atoms with Crippen LogP contribution in [0.3, 0.4) is 0 Å². The number of ether oxygens (including phenoxy) is 2. The fourth-order valence-electron chi connectivity index (χ4n) is 5.57. The molecule has 0 amide bonds. The molecule has 222 valence electrons. The van der Waals surface area contributed by atoms with Crippen molar-refractivity contribution >= 4 is 11.6 Å². The molecule has 6 nitrogen and oxygen atoms in total. The van der Waals surface area contributed by atoms with E-state index < -0.39 is 0 Å². The zero-order valence-corrected chi connectivity index (χ0v) is 25.8. The second kappa shape index (κ2) is 13.3. The molecule has 0 radical (unpaired) electrons. The number of benzene rings is 2. The van der Waals surface area contributed by atoms with Gasteiger partial charge in [0.25, 0.3) is 0 Å². The van der Waals surface area contributed by atoms with E-state index >= 15 is 0 Å². The van der Waals surface area contributed by atoms with Crippen molar-refractivity contribution in [3.05, 3.63) is 157 Å². The van der Waals surface area contributed by atoms with E-state index in [-0.39, 0.29) is 0 Å². The first-order valence-corrected chi connectivity index (χ1v) is 15.6. The second-order valence-electron chi connectivity index (χ2n) is 11.3. The van der Waals surface area contributed by atoms with Gasteiger partial charge < -0.3 is 9.47 Å². The van der Waals surface area contributed by atoms with Crippen molar-refractivity contribution in [1.29, 1.82) is 0 Å². The smallest absolute Gasteiger partial charge is 0.182 e. The molecule has 45 heavy (non-hydrogen) atoms. The quantitative estimate of drug-likeness (QED) is 0.215. The zero-order valence-electron chi connectivity index (χ0n) is 25.0. The molecule has 0 saturated heterocycles. The first-order valence-electron chi connectivity index (χ1n) is 15.2. The zero-order chi connectivity index (χ0) is 30.4. The van der Waals surface area contributed by atoms with Crippen molar-refractivity contribution in [2.24, 2.45) is 0 Å². The number of halogens is 1. The first-order chi connectivity index (χ1) is 22.1. The molecule has 0 spiro atoms. The minimum Gasteiger partial charge on any atom is -0.487 e. The maximum Gasteiger partial charge on any atom is 0.182 e. The number of hydrogen-bond donors (Lipinski definition) is 0. The van der Waals surface area contributed by atoms with Crippen molar-refractivity contribution in [3.8, 4) is 33.8 Å². The van der Waals surface area contributed by atoms with Crippen LogP contribution in [0, 0.1) is 0 Å². The molecule has 4 aromatic heterocycles. The van der Waals surface area contributed by atoms with Crippen molar-refractivity contribution in [2.75, 3.05) is 13.2 Å². The van der Waals surface area contributed by atoms with E-state index in [0.29, 0.717) is 30.5 Å². The summed E-state index contributed by atoms with van der Waals surface area (Å²) in [5, 5.41) is 0.569. The van der Waals surface area contributed by atoms with Gasteiger partial charge in [0.2, 0.25) is 0 Å². The van der Waals surface area contributed by atoms with Gasteiger partial charge in [-0.25, -0.2) is 18.3 Å². The average Bonchev–Trinajstić information content (AvgIpc) is 3.07. The number of hydrogen-bond acceptors (Lipinski definition) is 2. The number of pyridine rings is 4. The third-order valence-corrected chi connectivity index (χ3v) is 8.39. The summed E-state index contributed by atoms with van der Waals surface area (Å²) in [7, 11) is 0. The van der Waals surface area contributed by atoms with Crippen LogP contribution < -0.4 is 27.7 Å². The molecule has 0 saturated carbocycles. The van der Waals surface area contributed by atoms with E-state index in [9.17, 15) is 0 Å².